The smallest absolute Gasteiger partial charge is 0.222 e. The Labute approximate surface area is 145 Å². The molecule has 3 N–H and O–H groups in total. The van der Waals surface area contributed by atoms with Gasteiger partial charge in [-0.25, -0.2) is 0 Å². The molecule has 0 aliphatic carbocycles. The molecule has 0 radical (unpaired) electrons. The highest BCUT2D eigenvalue weighted by molar-refractivity contribution is 5.81. The Morgan fingerprint density at radius 2 is 1.88 bits per heavy atom. The molecule has 0 fully saturated rings. The highest BCUT2D eigenvalue weighted by Gasteiger charge is 2.15. The monoisotopic (exact) mass is 334 g/mol. The standard InChI is InChI=1S/C18H30N4O2/c1-5-19-17(22-14-18(2,3)24-4)20-12-11-16(23)21-13-15-9-7-6-8-10-15/h6-10H,5,11-14H2,1-4H3,(H,21,23)(H2,19,20,22). The second kappa shape index (κ2) is 10.6. The van der Waals surface area contributed by atoms with Crippen LogP contribution in [0.2, 0.25) is 0 Å². The van der Waals surface area contributed by atoms with Crippen LogP contribution in [0.3, 0.4) is 0 Å². The van der Waals surface area contributed by atoms with Crippen molar-refractivity contribution in [2.75, 3.05) is 26.7 Å². The molecule has 1 rings (SSSR count). The van der Waals surface area contributed by atoms with Gasteiger partial charge in [0.2, 0.25) is 5.91 Å². The van der Waals surface area contributed by atoms with E-state index in [-0.39, 0.29) is 11.5 Å². The van der Waals surface area contributed by atoms with Crippen molar-refractivity contribution >= 4 is 11.9 Å². The predicted octanol–water partition coefficient (Wildman–Crippen LogP) is 1.67. The molecule has 1 amide bonds. The summed E-state index contributed by atoms with van der Waals surface area (Å²) in [6.07, 6.45) is 0.394. The zero-order valence-corrected chi connectivity index (χ0v) is 15.2. The normalized spacial score (nSPS) is 11.9. The summed E-state index contributed by atoms with van der Waals surface area (Å²) in [6, 6.07) is 9.87. The molecule has 0 aromatic heterocycles. The zero-order valence-electron chi connectivity index (χ0n) is 15.2. The van der Waals surface area contributed by atoms with E-state index in [1.54, 1.807) is 7.11 Å². The predicted molar refractivity (Wildman–Crippen MR) is 98.0 cm³/mol. The van der Waals surface area contributed by atoms with Crippen molar-refractivity contribution in [3.63, 3.8) is 0 Å². The van der Waals surface area contributed by atoms with Gasteiger partial charge in [0.25, 0.3) is 0 Å². The van der Waals surface area contributed by atoms with Crippen LogP contribution in [-0.4, -0.2) is 44.2 Å². The number of methoxy groups -OCH3 is 1. The minimum absolute atomic E-state index is 0.0134. The van der Waals surface area contributed by atoms with E-state index in [1.807, 2.05) is 51.1 Å². The SMILES string of the molecule is CCNC(=NCC(C)(C)OC)NCCC(=O)NCc1ccccc1. The minimum Gasteiger partial charge on any atom is -0.377 e. The molecule has 1 aromatic rings. The van der Waals surface area contributed by atoms with Crippen LogP contribution in [-0.2, 0) is 16.1 Å². The lowest BCUT2D eigenvalue weighted by molar-refractivity contribution is -0.121. The van der Waals surface area contributed by atoms with Crippen molar-refractivity contribution in [1.29, 1.82) is 0 Å². The van der Waals surface area contributed by atoms with Gasteiger partial charge in [0.05, 0.1) is 12.1 Å². The van der Waals surface area contributed by atoms with Gasteiger partial charge in [0.15, 0.2) is 5.96 Å². The summed E-state index contributed by atoms with van der Waals surface area (Å²) >= 11 is 0. The maximum absolute atomic E-state index is 11.9. The molecule has 1 aromatic carbocycles. The number of aliphatic imine (C=N–C) groups is 1. The van der Waals surface area contributed by atoms with Gasteiger partial charge in [-0.2, -0.15) is 0 Å². The van der Waals surface area contributed by atoms with Crippen molar-refractivity contribution in [3.8, 4) is 0 Å². The zero-order chi connectivity index (χ0) is 17.8. The molecular weight excluding hydrogens is 304 g/mol. The van der Waals surface area contributed by atoms with Crippen LogP contribution in [0.1, 0.15) is 32.8 Å². The summed E-state index contributed by atoms with van der Waals surface area (Å²) in [5.41, 5.74) is 0.783. The molecule has 6 nitrogen and oxygen atoms in total. The van der Waals surface area contributed by atoms with E-state index in [4.69, 9.17) is 4.74 Å². The Kier molecular flexibility index (Phi) is 8.86. The van der Waals surface area contributed by atoms with Gasteiger partial charge < -0.3 is 20.7 Å². The molecule has 0 spiro atoms. The van der Waals surface area contributed by atoms with Crippen molar-refractivity contribution < 1.29 is 9.53 Å². The number of hydrogen-bond donors (Lipinski definition) is 3. The van der Waals surface area contributed by atoms with E-state index < -0.39 is 0 Å². The molecule has 0 saturated heterocycles. The summed E-state index contributed by atoms with van der Waals surface area (Å²) in [5, 5.41) is 9.24. The molecule has 24 heavy (non-hydrogen) atoms. The number of nitrogens with zero attached hydrogens (tertiary/aromatic N) is 1. The topological polar surface area (TPSA) is 74.8 Å². The van der Waals surface area contributed by atoms with Crippen LogP contribution in [0.15, 0.2) is 35.3 Å². The summed E-state index contributed by atoms with van der Waals surface area (Å²) in [5.74, 6) is 0.706. The largest absolute Gasteiger partial charge is 0.377 e. The number of hydrogen-bond acceptors (Lipinski definition) is 3. The Bertz CT molecular complexity index is 515. The Balaban J connectivity index is 2.33. The number of amides is 1. The van der Waals surface area contributed by atoms with Gasteiger partial charge in [-0.1, -0.05) is 30.3 Å². The van der Waals surface area contributed by atoms with Crippen LogP contribution in [0, 0.1) is 0 Å². The molecule has 0 bridgehead atoms. The number of carbonyl (C=O) groups excluding carboxylic acids is 1. The quantitative estimate of drug-likeness (QED) is 0.474. The molecule has 0 aliphatic rings. The van der Waals surface area contributed by atoms with E-state index >= 15 is 0 Å². The van der Waals surface area contributed by atoms with Crippen LogP contribution in [0.25, 0.3) is 0 Å². The number of carbonyl (C=O) groups is 1. The van der Waals surface area contributed by atoms with Crippen LogP contribution in [0.5, 0.6) is 0 Å². The number of rotatable bonds is 9. The Hall–Kier alpha value is -2.08. The molecule has 0 heterocycles. The van der Waals surface area contributed by atoms with Gasteiger partial charge in [0.1, 0.15) is 0 Å². The first-order valence-corrected chi connectivity index (χ1v) is 8.35. The van der Waals surface area contributed by atoms with Gasteiger partial charge in [-0.3, -0.25) is 9.79 Å². The minimum atomic E-state index is -0.310. The maximum atomic E-state index is 11.9. The number of nitrogens with one attached hydrogen (secondary N) is 3. The molecule has 134 valence electrons. The summed E-state index contributed by atoms with van der Waals surface area (Å²) in [4.78, 5) is 16.4. The second-order valence-corrected chi connectivity index (χ2v) is 6.10. The fourth-order valence-electron chi connectivity index (χ4n) is 1.86. The lowest BCUT2D eigenvalue weighted by Crippen LogP contribution is -2.40. The van der Waals surface area contributed by atoms with E-state index in [0.717, 1.165) is 12.1 Å². The first-order chi connectivity index (χ1) is 11.5. The molecular formula is C18H30N4O2. The maximum Gasteiger partial charge on any atom is 0.222 e. The molecule has 0 aliphatic heterocycles. The number of ether oxygens (including phenoxy) is 1. The molecule has 0 unspecified atom stereocenters. The summed E-state index contributed by atoms with van der Waals surface area (Å²) < 4.78 is 5.36. The van der Waals surface area contributed by atoms with E-state index in [2.05, 4.69) is 20.9 Å². The third-order valence-corrected chi connectivity index (χ3v) is 3.49. The van der Waals surface area contributed by atoms with Crippen LogP contribution < -0.4 is 16.0 Å². The third kappa shape index (κ3) is 8.53. The highest BCUT2D eigenvalue weighted by Crippen LogP contribution is 2.06. The first kappa shape index (κ1) is 20.0. The summed E-state index contributed by atoms with van der Waals surface area (Å²) in [6.45, 7) is 8.35. The lowest BCUT2D eigenvalue weighted by Gasteiger charge is -2.21. The van der Waals surface area contributed by atoms with Gasteiger partial charge in [-0.05, 0) is 26.3 Å². The van der Waals surface area contributed by atoms with Crippen molar-refractivity contribution in [2.24, 2.45) is 4.99 Å². The highest BCUT2D eigenvalue weighted by atomic mass is 16.5. The fraction of sp³-hybridized carbons (Fsp3) is 0.556. The second-order valence-electron chi connectivity index (χ2n) is 6.10. The van der Waals surface area contributed by atoms with E-state index in [0.29, 0.717) is 32.0 Å². The summed E-state index contributed by atoms with van der Waals surface area (Å²) in [7, 11) is 1.67. The molecule has 0 saturated carbocycles. The number of guanidine groups is 1. The van der Waals surface area contributed by atoms with Crippen molar-refractivity contribution in [2.45, 2.75) is 39.3 Å². The van der Waals surface area contributed by atoms with Gasteiger partial charge >= 0.3 is 0 Å². The van der Waals surface area contributed by atoms with Gasteiger partial charge in [0, 0.05) is 33.2 Å². The molecule has 0 atom stereocenters. The van der Waals surface area contributed by atoms with Crippen LogP contribution >= 0.6 is 0 Å². The van der Waals surface area contributed by atoms with E-state index in [1.165, 1.54) is 0 Å². The van der Waals surface area contributed by atoms with Gasteiger partial charge in [-0.15, -0.1) is 0 Å². The Morgan fingerprint density at radius 1 is 1.17 bits per heavy atom. The lowest BCUT2D eigenvalue weighted by atomic mass is 10.1. The van der Waals surface area contributed by atoms with Crippen LogP contribution in [0.4, 0.5) is 0 Å². The Morgan fingerprint density at radius 3 is 2.50 bits per heavy atom. The van der Waals surface area contributed by atoms with Crippen molar-refractivity contribution in [3.05, 3.63) is 35.9 Å². The van der Waals surface area contributed by atoms with Crippen molar-refractivity contribution in [1.82, 2.24) is 16.0 Å². The average molecular weight is 334 g/mol. The van der Waals surface area contributed by atoms with E-state index in [9.17, 15) is 4.79 Å². The molecule has 6 heteroatoms. The third-order valence-electron chi connectivity index (χ3n) is 3.49. The fourth-order valence-corrected chi connectivity index (χ4v) is 1.86. The first-order valence-electron chi connectivity index (χ1n) is 8.35. The average Bonchev–Trinajstić information content (AvgIpc) is 2.59. The number of benzene rings is 1.